The Balaban J connectivity index is 2.76. The van der Waals surface area contributed by atoms with Gasteiger partial charge in [-0.2, -0.15) is 0 Å². The molecule has 3 heteroatoms. The van der Waals surface area contributed by atoms with Gasteiger partial charge in [0.15, 0.2) is 0 Å². The van der Waals surface area contributed by atoms with E-state index in [1.165, 1.54) is 12.2 Å². The molecular weight excluding hydrogens is 171 g/mol. The van der Waals surface area contributed by atoms with Crippen LogP contribution in [-0.4, -0.2) is 23.4 Å². The third-order valence-electron chi connectivity index (χ3n) is 2.04. The van der Waals surface area contributed by atoms with Crippen molar-refractivity contribution in [3.05, 3.63) is 37.2 Å². The van der Waals surface area contributed by atoms with E-state index in [1.54, 1.807) is 0 Å². The van der Waals surface area contributed by atoms with Crippen LogP contribution in [0.25, 0.3) is 0 Å². The molecule has 72 valence electrons. The van der Waals surface area contributed by atoms with E-state index in [9.17, 15) is 9.50 Å². The van der Waals surface area contributed by atoms with Crippen molar-refractivity contribution in [2.45, 2.75) is 18.1 Å². The maximum atomic E-state index is 13.3. The topological polar surface area (TPSA) is 29.5 Å². The van der Waals surface area contributed by atoms with Crippen LogP contribution >= 0.6 is 0 Å². The van der Waals surface area contributed by atoms with Crippen molar-refractivity contribution in [1.82, 2.24) is 0 Å². The van der Waals surface area contributed by atoms with E-state index in [1.807, 2.05) is 0 Å². The van der Waals surface area contributed by atoms with Crippen LogP contribution < -0.4 is 0 Å². The molecule has 1 rings (SSSR count). The molecule has 0 aromatic rings. The van der Waals surface area contributed by atoms with Gasteiger partial charge in [-0.3, -0.25) is 0 Å². The second kappa shape index (κ2) is 3.85. The van der Waals surface area contributed by atoms with Gasteiger partial charge in [-0.15, -0.1) is 6.58 Å². The molecule has 2 unspecified atom stereocenters. The summed E-state index contributed by atoms with van der Waals surface area (Å²) >= 11 is 0. The molecule has 0 fully saturated rings. The van der Waals surface area contributed by atoms with Crippen molar-refractivity contribution in [2.24, 2.45) is 0 Å². The van der Waals surface area contributed by atoms with Gasteiger partial charge < -0.3 is 9.84 Å². The first-order valence-electron chi connectivity index (χ1n) is 4.09. The molecule has 0 spiro atoms. The molecule has 0 amide bonds. The lowest BCUT2D eigenvalue weighted by atomic mass is 10.0. The summed E-state index contributed by atoms with van der Waals surface area (Å²) < 4.78 is 18.5. The van der Waals surface area contributed by atoms with Crippen LogP contribution in [0.2, 0.25) is 0 Å². The highest BCUT2D eigenvalue weighted by Crippen LogP contribution is 2.36. The Morgan fingerprint density at radius 2 is 2.46 bits per heavy atom. The predicted molar refractivity (Wildman–Crippen MR) is 48.9 cm³/mol. The highest BCUT2D eigenvalue weighted by molar-refractivity contribution is 5.27. The smallest absolute Gasteiger partial charge is 0.140 e. The van der Waals surface area contributed by atoms with E-state index in [-0.39, 0.29) is 13.0 Å². The van der Waals surface area contributed by atoms with Crippen molar-refractivity contribution in [2.75, 3.05) is 6.61 Å². The van der Waals surface area contributed by atoms with E-state index >= 15 is 0 Å². The minimum Gasteiger partial charge on any atom is -0.389 e. The summed E-state index contributed by atoms with van der Waals surface area (Å²) in [7, 11) is 0. The fraction of sp³-hybridized carbons (Fsp3) is 0.400. The van der Waals surface area contributed by atoms with Crippen molar-refractivity contribution in [1.29, 1.82) is 0 Å². The lowest BCUT2D eigenvalue weighted by Crippen LogP contribution is -2.30. The normalized spacial score (nSPS) is 32.8. The number of aliphatic hydroxyl groups is 1. The van der Waals surface area contributed by atoms with Gasteiger partial charge in [-0.05, 0) is 6.08 Å². The quantitative estimate of drug-likeness (QED) is 0.674. The van der Waals surface area contributed by atoms with E-state index in [4.69, 9.17) is 4.74 Å². The first-order valence-corrected chi connectivity index (χ1v) is 4.09. The third kappa shape index (κ3) is 1.87. The average Bonchev–Trinajstić information content (AvgIpc) is 2.38. The Morgan fingerprint density at radius 3 is 2.85 bits per heavy atom. The van der Waals surface area contributed by atoms with Crippen molar-refractivity contribution in [3.8, 4) is 0 Å². The van der Waals surface area contributed by atoms with Gasteiger partial charge in [0, 0.05) is 6.42 Å². The van der Waals surface area contributed by atoms with Gasteiger partial charge in [-0.1, -0.05) is 18.7 Å². The summed E-state index contributed by atoms with van der Waals surface area (Å²) in [5.74, 6) is -0.475. The summed E-state index contributed by atoms with van der Waals surface area (Å²) in [4.78, 5) is 0. The van der Waals surface area contributed by atoms with E-state index < -0.39 is 17.5 Å². The van der Waals surface area contributed by atoms with Crippen LogP contribution in [0.15, 0.2) is 37.2 Å². The fourth-order valence-electron chi connectivity index (χ4n) is 1.35. The molecule has 0 radical (unpaired) electrons. The fourth-order valence-corrected chi connectivity index (χ4v) is 1.35. The summed E-state index contributed by atoms with van der Waals surface area (Å²) in [6.45, 7) is 7.20. The van der Waals surface area contributed by atoms with Crippen molar-refractivity contribution >= 4 is 0 Å². The highest BCUT2D eigenvalue weighted by Gasteiger charge is 2.40. The molecule has 0 saturated heterocycles. The molecule has 0 saturated carbocycles. The van der Waals surface area contributed by atoms with E-state index in [0.29, 0.717) is 0 Å². The molecule has 1 aliphatic rings. The Hall–Kier alpha value is -0.930. The van der Waals surface area contributed by atoms with Crippen LogP contribution in [-0.2, 0) is 4.74 Å². The van der Waals surface area contributed by atoms with Crippen molar-refractivity contribution < 1.29 is 14.2 Å². The van der Waals surface area contributed by atoms with Gasteiger partial charge in [0.1, 0.15) is 11.4 Å². The minimum atomic E-state index is -1.15. The largest absolute Gasteiger partial charge is 0.389 e. The number of ether oxygens (including phenoxy) is 1. The molecular formula is C10H13FO2. The van der Waals surface area contributed by atoms with Gasteiger partial charge >= 0.3 is 0 Å². The molecule has 1 aliphatic carbocycles. The van der Waals surface area contributed by atoms with E-state index in [0.717, 1.165) is 6.08 Å². The highest BCUT2D eigenvalue weighted by atomic mass is 19.1. The third-order valence-corrected chi connectivity index (χ3v) is 2.04. The van der Waals surface area contributed by atoms with Crippen LogP contribution in [0.4, 0.5) is 4.39 Å². The lowest BCUT2D eigenvalue weighted by molar-refractivity contribution is 0.00764. The molecule has 2 atom stereocenters. The Labute approximate surface area is 77.0 Å². The first kappa shape index (κ1) is 10.2. The Bertz CT molecular complexity index is 247. The van der Waals surface area contributed by atoms with Gasteiger partial charge in [0.05, 0.1) is 12.7 Å². The standard InChI is InChI=1S/C10H13FO2/c1-3-5-13-10(4-2)7-8(12)6-9(10)11/h3-4,6,8,12H,1-2,5,7H2. The Morgan fingerprint density at radius 1 is 1.77 bits per heavy atom. The molecule has 0 heterocycles. The van der Waals surface area contributed by atoms with Crippen molar-refractivity contribution in [3.63, 3.8) is 0 Å². The summed E-state index contributed by atoms with van der Waals surface area (Å²) in [6, 6.07) is 0. The molecule has 0 aromatic carbocycles. The molecule has 0 bridgehead atoms. The summed E-state index contributed by atoms with van der Waals surface area (Å²) in [5, 5.41) is 9.20. The zero-order valence-corrected chi connectivity index (χ0v) is 7.37. The minimum absolute atomic E-state index is 0.191. The van der Waals surface area contributed by atoms with Crippen LogP contribution in [0.5, 0.6) is 0 Å². The average molecular weight is 184 g/mol. The zero-order valence-electron chi connectivity index (χ0n) is 7.37. The number of hydrogen-bond acceptors (Lipinski definition) is 2. The number of halogens is 1. The molecule has 1 N–H and O–H groups in total. The second-order valence-electron chi connectivity index (χ2n) is 2.98. The first-order chi connectivity index (χ1) is 6.14. The van der Waals surface area contributed by atoms with Gasteiger partial charge in [0.25, 0.3) is 0 Å². The maximum Gasteiger partial charge on any atom is 0.140 e. The second-order valence-corrected chi connectivity index (χ2v) is 2.98. The van der Waals surface area contributed by atoms with E-state index in [2.05, 4.69) is 13.2 Å². The van der Waals surface area contributed by atoms with Crippen LogP contribution in [0, 0.1) is 0 Å². The van der Waals surface area contributed by atoms with Gasteiger partial charge in [-0.25, -0.2) is 4.39 Å². The zero-order chi connectivity index (χ0) is 9.90. The number of hydrogen-bond donors (Lipinski definition) is 1. The SMILES string of the molecule is C=CCOC1(C=C)CC(O)C=C1F. The lowest BCUT2D eigenvalue weighted by Gasteiger charge is -2.24. The summed E-state index contributed by atoms with van der Waals surface area (Å²) in [5.41, 5.74) is -1.15. The Kier molecular flexibility index (Phi) is 3.01. The molecule has 2 nitrogen and oxygen atoms in total. The monoisotopic (exact) mass is 184 g/mol. The molecule has 13 heavy (non-hydrogen) atoms. The van der Waals surface area contributed by atoms with Crippen LogP contribution in [0.1, 0.15) is 6.42 Å². The number of rotatable bonds is 4. The maximum absolute atomic E-state index is 13.3. The van der Waals surface area contributed by atoms with Crippen LogP contribution in [0.3, 0.4) is 0 Å². The summed E-state index contributed by atoms with van der Waals surface area (Å²) in [6.07, 6.45) is 3.45. The van der Waals surface area contributed by atoms with Gasteiger partial charge in [0.2, 0.25) is 0 Å². The molecule has 0 aromatic heterocycles. The predicted octanol–water partition coefficient (Wildman–Crippen LogP) is 1.73. The molecule has 0 aliphatic heterocycles. The number of aliphatic hydroxyl groups excluding tert-OH is 1.